The van der Waals surface area contributed by atoms with Crippen molar-refractivity contribution in [2.45, 2.75) is 64.5 Å². The first-order valence-electron chi connectivity index (χ1n) is 11.0. The number of fused-ring (bicyclic) bond motifs is 3. The van der Waals surface area contributed by atoms with Crippen molar-refractivity contribution in [1.82, 2.24) is 4.98 Å². The number of benzene rings is 1. The Hall–Kier alpha value is -2.41. The third-order valence-corrected chi connectivity index (χ3v) is 7.41. The van der Waals surface area contributed by atoms with Crippen molar-refractivity contribution in [3.05, 3.63) is 51.5 Å². The summed E-state index contributed by atoms with van der Waals surface area (Å²) >= 11 is 1.63. The van der Waals surface area contributed by atoms with Crippen LogP contribution in [0.5, 0.6) is 0 Å². The molecule has 0 radical (unpaired) electrons. The molecule has 0 saturated heterocycles. The maximum atomic E-state index is 13.6. The molecule has 1 aliphatic rings. The number of aromatic nitrogens is 1. The van der Waals surface area contributed by atoms with E-state index in [2.05, 4.69) is 0 Å². The van der Waals surface area contributed by atoms with Gasteiger partial charge < -0.3 is 4.74 Å². The highest BCUT2D eigenvalue weighted by molar-refractivity contribution is 7.19. The number of hydrogen-bond acceptors (Lipinski definition) is 4. The minimum atomic E-state index is -4.45. The molecule has 1 unspecified atom stereocenters. The van der Waals surface area contributed by atoms with E-state index in [1.165, 1.54) is 29.7 Å². The Morgan fingerprint density at radius 1 is 1.25 bits per heavy atom. The van der Waals surface area contributed by atoms with Crippen LogP contribution in [0.4, 0.5) is 13.2 Å². The van der Waals surface area contributed by atoms with Gasteiger partial charge in [-0.1, -0.05) is 25.5 Å². The molecule has 2 aromatic heterocycles. The highest BCUT2D eigenvalue weighted by atomic mass is 32.1. The number of hydrogen-bond donors (Lipinski definition) is 0. The van der Waals surface area contributed by atoms with E-state index in [1.54, 1.807) is 17.4 Å². The predicted molar refractivity (Wildman–Crippen MR) is 121 cm³/mol. The molecule has 0 N–H and O–H groups in total. The van der Waals surface area contributed by atoms with E-state index in [0.717, 1.165) is 48.4 Å². The Morgan fingerprint density at radius 2 is 2.00 bits per heavy atom. The second kappa shape index (κ2) is 8.85. The smallest absolute Gasteiger partial charge is 0.416 e. The number of carbonyl (C=O) groups is 1. The number of aryl methyl sites for hydroxylation is 3. The van der Waals surface area contributed by atoms with Crippen LogP contribution >= 0.6 is 11.3 Å². The van der Waals surface area contributed by atoms with Crippen LogP contribution in [0.3, 0.4) is 0 Å². The third kappa shape index (κ3) is 4.03. The molecule has 0 fully saturated rings. The van der Waals surface area contributed by atoms with Crippen molar-refractivity contribution in [3.8, 4) is 11.1 Å². The largest absolute Gasteiger partial charge is 0.469 e. The number of thiophene rings is 1. The lowest BCUT2D eigenvalue weighted by Gasteiger charge is -2.23. The average molecular weight is 462 g/mol. The van der Waals surface area contributed by atoms with Crippen LogP contribution in [0.2, 0.25) is 0 Å². The predicted octanol–water partition coefficient (Wildman–Crippen LogP) is 7.23. The van der Waals surface area contributed by atoms with E-state index in [4.69, 9.17) is 9.72 Å². The zero-order valence-electron chi connectivity index (χ0n) is 18.4. The quantitative estimate of drug-likeness (QED) is 0.376. The molecule has 0 saturated carbocycles. The highest BCUT2D eigenvalue weighted by Gasteiger charge is 2.33. The van der Waals surface area contributed by atoms with E-state index >= 15 is 0 Å². The second-order valence-corrected chi connectivity index (χ2v) is 9.40. The maximum absolute atomic E-state index is 13.6. The Kier molecular flexibility index (Phi) is 6.30. The van der Waals surface area contributed by atoms with Gasteiger partial charge >= 0.3 is 12.1 Å². The second-order valence-electron chi connectivity index (χ2n) is 8.32. The van der Waals surface area contributed by atoms with Gasteiger partial charge in [-0.2, -0.15) is 13.2 Å². The molecule has 7 heteroatoms. The molecule has 0 bridgehead atoms. The van der Waals surface area contributed by atoms with Crippen LogP contribution in [0, 0.1) is 6.92 Å². The first-order chi connectivity index (χ1) is 15.3. The molecule has 1 atom stereocenters. The van der Waals surface area contributed by atoms with E-state index in [0.29, 0.717) is 28.8 Å². The number of rotatable bonds is 5. The van der Waals surface area contributed by atoms with Crippen molar-refractivity contribution >= 4 is 27.5 Å². The SMILES string of the molecule is CCCC(C(=O)OC)c1c(C)nc2sc3c(c2c1-c1cccc(C(F)(F)F)c1)CCCC3. The molecule has 0 spiro atoms. The van der Waals surface area contributed by atoms with E-state index < -0.39 is 17.7 Å². The minimum Gasteiger partial charge on any atom is -0.469 e. The van der Waals surface area contributed by atoms with Gasteiger partial charge in [-0.05, 0) is 73.4 Å². The number of nitrogens with zero attached hydrogens (tertiary/aromatic N) is 1. The van der Waals surface area contributed by atoms with Crippen LogP contribution in [0.15, 0.2) is 24.3 Å². The van der Waals surface area contributed by atoms with Crippen LogP contribution in [-0.4, -0.2) is 18.1 Å². The molecule has 170 valence electrons. The topological polar surface area (TPSA) is 39.2 Å². The maximum Gasteiger partial charge on any atom is 0.416 e. The molecular formula is C25H26F3NO2S. The van der Waals surface area contributed by atoms with Gasteiger partial charge in [-0.3, -0.25) is 4.79 Å². The molecule has 3 nitrogen and oxygen atoms in total. The molecule has 2 heterocycles. The van der Waals surface area contributed by atoms with Crippen LogP contribution in [0.1, 0.15) is 65.8 Å². The lowest BCUT2D eigenvalue weighted by atomic mass is 9.83. The van der Waals surface area contributed by atoms with Gasteiger partial charge in [0.15, 0.2) is 0 Å². The molecule has 32 heavy (non-hydrogen) atoms. The summed E-state index contributed by atoms with van der Waals surface area (Å²) in [7, 11) is 1.35. The summed E-state index contributed by atoms with van der Waals surface area (Å²) in [6.45, 7) is 3.82. The summed E-state index contributed by atoms with van der Waals surface area (Å²) in [6, 6.07) is 5.43. The fourth-order valence-corrected chi connectivity index (χ4v) is 6.12. The average Bonchev–Trinajstić information content (AvgIpc) is 3.13. The highest BCUT2D eigenvalue weighted by Crippen LogP contribution is 2.46. The number of halogens is 3. The van der Waals surface area contributed by atoms with Crippen molar-refractivity contribution in [3.63, 3.8) is 0 Å². The zero-order valence-corrected chi connectivity index (χ0v) is 19.3. The summed E-state index contributed by atoms with van der Waals surface area (Å²) in [4.78, 5) is 19.7. The van der Waals surface area contributed by atoms with E-state index in [-0.39, 0.29) is 5.97 Å². The number of alkyl halides is 3. The molecule has 1 aromatic carbocycles. The summed E-state index contributed by atoms with van der Waals surface area (Å²) in [5.41, 5.74) is 3.03. The number of carbonyl (C=O) groups excluding carboxylic acids is 1. The first-order valence-corrected chi connectivity index (χ1v) is 11.8. The lowest BCUT2D eigenvalue weighted by molar-refractivity contribution is -0.142. The Labute approximate surface area is 189 Å². The summed E-state index contributed by atoms with van der Waals surface area (Å²) in [5.74, 6) is -0.959. The van der Waals surface area contributed by atoms with Gasteiger partial charge in [0.2, 0.25) is 0 Å². The summed E-state index contributed by atoms with van der Waals surface area (Å²) in [5, 5.41) is 0.912. The van der Waals surface area contributed by atoms with Gasteiger partial charge in [0.05, 0.1) is 18.6 Å². The monoisotopic (exact) mass is 461 g/mol. The van der Waals surface area contributed by atoms with Crippen molar-refractivity contribution in [2.75, 3.05) is 7.11 Å². The van der Waals surface area contributed by atoms with Gasteiger partial charge in [0, 0.05) is 16.0 Å². The molecule has 0 aliphatic heterocycles. The molecule has 3 aromatic rings. The Balaban J connectivity index is 2.10. The van der Waals surface area contributed by atoms with E-state index in [1.807, 2.05) is 13.8 Å². The number of pyridine rings is 1. The fraction of sp³-hybridized carbons (Fsp3) is 0.440. The zero-order chi connectivity index (χ0) is 23.0. The van der Waals surface area contributed by atoms with Crippen molar-refractivity contribution in [1.29, 1.82) is 0 Å². The standard InChI is InChI=1S/C25H26F3NO2S/c1-4-8-18(24(30)31-3)20-14(2)29-23-22(17-11-5-6-12-19(17)32-23)21(20)15-9-7-10-16(13-15)25(26,27)28/h7,9-10,13,18H,4-6,8,11-12H2,1-3H3. The lowest BCUT2D eigenvalue weighted by Crippen LogP contribution is -2.17. The Bertz CT molecular complexity index is 1170. The molecule has 4 rings (SSSR count). The van der Waals surface area contributed by atoms with Gasteiger partial charge in [-0.15, -0.1) is 11.3 Å². The fourth-order valence-electron chi connectivity index (χ4n) is 4.80. The number of ether oxygens (including phenoxy) is 1. The van der Waals surface area contributed by atoms with Crippen LogP contribution in [0.25, 0.3) is 21.3 Å². The third-order valence-electron chi connectivity index (χ3n) is 6.22. The number of methoxy groups -OCH3 is 1. The minimum absolute atomic E-state index is 0.381. The number of esters is 1. The summed E-state index contributed by atoms with van der Waals surface area (Å²) < 4.78 is 45.8. The Morgan fingerprint density at radius 3 is 2.69 bits per heavy atom. The normalized spacial score (nSPS) is 14.9. The van der Waals surface area contributed by atoms with Crippen LogP contribution in [-0.2, 0) is 28.5 Å². The molecular weight excluding hydrogens is 435 g/mol. The van der Waals surface area contributed by atoms with Gasteiger partial charge in [-0.25, -0.2) is 4.98 Å². The van der Waals surface area contributed by atoms with Crippen LogP contribution < -0.4 is 0 Å². The molecule has 1 aliphatic carbocycles. The van der Waals surface area contributed by atoms with Crippen molar-refractivity contribution in [2.24, 2.45) is 0 Å². The van der Waals surface area contributed by atoms with Crippen molar-refractivity contribution < 1.29 is 22.7 Å². The molecule has 0 amide bonds. The first kappa shape index (κ1) is 22.8. The van der Waals surface area contributed by atoms with E-state index in [9.17, 15) is 18.0 Å². The van der Waals surface area contributed by atoms with Gasteiger partial charge in [0.25, 0.3) is 0 Å². The van der Waals surface area contributed by atoms with Gasteiger partial charge in [0.1, 0.15) is 4.83 Å². The summed E-state index contributed by atoms with van der Waals surface area (Å²) in [6.07, 6.45) is 0.811.